The SMILES string of the molecule is O=P(O)(O)OP(=O)(O)OP(=O)(O)OP(=O)(O)OP(=O)(O)O.[La].[Yb]. The second kappa shape index (κ2) is 10.8. The van der Waals surface area contributed by atoms with Crippen LogP contribution in [0, 0.1) is 82.5 Å². The Morgan fingerprint density at radius 3 is 0.826 bits per heavy atom. The van der Waals surface area contributed by atoms with Crippen LogP contribution in [0.1, 0.15) is 0 Å². The topological polar surface area (TPSA) is 264 Å². The number of hydrogen-bond acceptors (Lipinski definition) is 9. The summed E-state index contributed by atoms with van der Waals surface area (Å²) in [7, 11) is -29.3. The second-order valence-corrected chi connectivity index (χ2v) is 10.1. The molecule has 0 aliphatic carbocycles. The molecule has 1 radical (unpaired) electrons. The van der Waals surface area contributed by atoms with Crippen LogP contribution in [0.4, 0.5) is 0 Å². The third kappa shape index (κ3) is 18.5. The molecule has 0 spiro atoms. The molecule has 0 aromatic carbocycles. The first kappa shape index (κ1) is 31.1. The Bertz CT molecular complexity index is 558. The molecule has 2 atom stereocenters. The Balaban J connectivity index is -0.00000200. The van der Waals surface area contributed by atoms with Gasteiger partial charge in [0.2, 0.25) is 0 Å². The maximum absolute atomic E-state index is 11.0. The van der Waals surface area contributed by atoms with E-state index in [9.17, 15) is 22.8 Å². The van der Waals surface area contributed by atoms with Crippen molar-refractivity contribution in [2.45, 2.75) is 0 Å². The molecule has 0 fully saturated rings. The van der Waals surface area contributed by atoms with Gasteiger partial charge in [0.25, 0.3) is 0 Å². The Morgan fingerprint density at radius 2 is 0.652 bits per heavy atom. The smallest absolute Gasteiger partial charge is 0.302 e. The number of rotatable bonds is 8. The van der Waals surface area contributed by atoms with Crippen LogP contribution in [0.25, 0.3) is 0 Å². The molecule has 23 heteroatoms. The first-order chi connectivity index (χ1) is 8.83. The summed E-state index contributed by atoms with van der Waals surface area (Å²) < 4.78 is 65.6. The monoisotopic (exact) mass is 731 g/mol. The van der Waals surface area contributed by atoms with Gasteiger partial charge in [-0.2, -0.15) is 17.2 Å². The van der Waals surface area contributed by atoms with Crippen molar-refractivity contribution in [3.63, 3.8) is 0 Å². The molecule has 0 aliphatic rings. The van der Waals surface area contributed by atoms with Crippen LogP contribution in [0.3, 0.4) is 0 Å². The molecule has 7 N–H and O–H groups in total. The summed E-state index contributed by atoms with van der Waals surface area (Å²) >= 11 is 0. The largest absolute Gasteiger partial charge is 0.490 e. The quantitative estimate of drug-likeness (QED) is 0.156. The summed E-state index contributed by atoms with van der Waals surface area (Å²) in [5.74, 6) is 0. The Hall–Kier alpha value is 3.42. The van der Waals surface area contributed by atoms with Crippen LogP contribution in [0.5, 0.6) is 0 Å². The molecule has 16 nitrogen and oxygen atoms in total. The van der Waals surface area contributed by atoms with E-state index in [2.05, 4.69) is 17.2 Å². The zero-order valence-corrected chi connectivity index (χ0v) is 19.7. The van der Waals surface area contributed by atoms with Crippen molar-refractivity contribution < 1.29 is 157 Å². The van der Waals surface area contributed by atoms with Gasteiger partial charge in [-0.25, -0.2) is 22.8 Å². The van der Waals surface area contributed by atoms with E-state index >= 15 is 0 Å². The predicted molar refractivity (Wildman–Crippen MR) is 57.9 cm³/mol. The average molecular weight is 730 g/mol. The summed E-state index contributed by atoms with van der Waals surface area (Å²) in [4.78, 5) is 58.7. The van der Waals surface area contributed by atoms with Gasteiger partial charge in [-0.3, -0.25) is 0 Å². The Morgan fingerprint density at radius 1 is 0.478 bits per heavy atom. The first-order valence-electron chi connectivity index (χ1n) is 3.77. The van der Waals surface area contributed by atoms with Crippen molar-refractivity contribution in [2.75, 3.05) is 0 Å². The molecular weight excluding hydrogens is 723 g/mol. The van der Waals surface area contributed by atoms with Gasteiger partial charge in [0.05, 0.1) is 0 Å². The van der Waals surface area contributed by atoms with Gasteiger partial charge in [0.15, 0.2) is 0 Å². The molecule has 0 saturated carbocycles. The molecule has 0 aromatic heterocycles. The number of phosphoric acid groups is 5. The van der Waals surface area contributed by atoms with E-state index < -0.39 is 39.1 Å². The van der Waals surface area contributed by atoms with Crippen molar-refractivity contribution >= 4 is 39.1 Å². The second-order valence-electron chi connectivity index (χ2n) is 2.71. The normalized spacial score (nSPS) is 20.1. The summed E-state index contributed by atoms with van der Waals surface area (Å²) in [6.07, 6.45) is 0. The van der Waals surface area contributed by atoms with Crippen molar-refractivity contribution in [1.29, 1.82) is 0 Å². The third-order valence-electron chi connectivity index (χ3n) is 0.832. The van der Waals surface area contributed by atoms with Crippen LogP contribution in [0.2, 0.25) is 0 Å². The van der Waals surface area contributed by atoms with Gasteiger partial charge in [0, 0.05) is 82.5 Å². The van der Waals surface area contributed by atoms with Gasteiger partial charge in [0.1, 0.15) is 0 Å². The Labute approximate surface area is 193 Å². The molecule has 2 unspecified atom stereocenters. The van der Waals surface area contributed by atoms with Gasteiger partial charge < -0.3 is 34.3 Å². The van der Waals surface area contributed by atoms with Crippen LogP contribution < -0.4 is 0 Å². The van der Waals surface area contributed by atoms with E-state index in [1.165, 1.54) is 0 Å². The van der Waals surface area contributed by atoms with Gasteiger partial charge >= 0.3 is 39.1 Å². The molecule has 0 bridgehead atoms. The standard InChI is InChI=1S/La.H7O16P5.Yb/c;1-17(2,3)13-19(7,8)15-21(11,12)16-20(9,10)14-18(4,5)6;/h;(H,7,8)(H,9,10)(H,11,12)(H2,1,2,3)(H2,4,5,6);. The molecule has 0 saturated heterocycles. The third-order valence-corrected chi connectivity index (χ3v) is 7.49. The van der Waals surface area contributed by atoms with Crippen molar-refractivity contribution in [2.24, 2.45) is 0 Å². The Kier molecular flexibility index (Phi) is 14.7. The molecule has 0 aliphatic heterocycles. The summed E-state index contributed by atoms with van der Waals surface area (Å²) in [5.41, 5.74) is 0. The fourth-order valence-electron chi connectivity index (χ4n) is 0.574. The molecule has 0 aromatic rings. The fourth-order valence-corrected chi connectivity index (χ4v) is 5.97. The summed E-state index contributed by atoms with van der Waals surface area (Å²) in [5, 5.41) is 0. The van der Waals surface area contributed by atoms with Crippen molar-refractivity contribution in [3.8, 4) is 0 Å². The fraction of sp³-hybridized carbons (Fsp3) is 0. The van der Waals surface area contributed by atoms with Crippen molar-refractivity contribution in [3.05, 3.63) is 0 Å². The first-order valence-corrected chi connectivity index (χ1v) is 11.3. The average Bonchev–Trinajstić information content (AvgIpc) is 1.83. The summed E-state index contributed by atoms with van der Waals surface area (Å²) in [6.45, 7) is 0. The van der Waals surface area contributed by atoms with E-state index in [-0.39, 0.29) is 82.5 Å². The maximum Gasteiger partial charge on any atom is 0.490 e. The molecule has 0 heterocycles. The molecule has 0 rings (SSSR count). The minimum Gasteiger partial charge on any atom is -0.302 e. The molecule has 145 valence electrons. The van der Waals surface area contributed by atoms with Gasteiger partial charge in [-0.1, -0.05) is 0 Å². The van der Waals surface area contributed by atoms with E-state index in [0.717, 1.165) is 0 Å². The van der Waals surface area contributed by atoms with Gasteiger partial charge in [-0.15, -0.1) is 0 Å². The van der Waals surface area contributed by atoms with Crippen LogP contribution >= 0.6 is 39.1 Å². The minimum atomic E-state index is -6.07. The van der Waals surface area contributed by atoms with E-state index in [4.69, 9.17) is 34.3 Å². The van der Waals surface area contributed by atoms with E-state index in [1.807, 2.05) is 0 Å². The van der Waals surface area contributed by atoms with Crippen LogP contribution in [-0.2, 0) is 40.1 Å². The molecule has 23 heavy (non-hydrogen) atoms. The van der Waals surface area contributed by atoms with Crippen molar-refractivity contribution in [1.82, 2.24) is 0 Å². The van der Waals surface area contributed by atoms with Crippen LogP contribution in [0.15, 0.2) is 0 Å². The molecular formula is H7LaO16P5Yb. The van der Waals surface area contributed by atoms with E-state index in [0.29, 0.717) is 0 Å². The van der Waals surface area contributed by atoms with E-state index in [1.54, 1.807) is 0 Å². The maximum atomic E-state index is 11.0. The van der Waals surface area contributed by atoms with Gasteiger partial charge in [-0.05, 0) is 0 Å². The van der Waals surface area contributed by atoms with Crippen LogP contribution in [-0.4, -0.2) is 34.3 Å². The molecule has 0 amide bonds. The summed E-state index contributed by atoms with van der Waals surface area (Å²) in [6, 6.07) is 0. The zero-order valence-electron chi connectivity index (χ0n) is 9.89. The minimum absolute atomic E-state index is 0. The predicted octanol–water partition coefficient (Wildman–Crippen LogP) is -0.461. The zero-order chi connectivity index (χ0) is 17.3. The number of hydrogen-bond donors (Lipinski definition) is 7.